The molecule has 2 aromatic rings. The molecule has 1 heterocycles. The molecule has 0 aliphatic carbocycles. The summed E-state index contributed by atoms with van der Waals surface area (Å²) in [5, 5.41) is 2.75. The lowest BCUT2D eigenvalue weighted by molar-refractivity contribution is -0.111. The number of ether oxygens (including phenoxy) is 1. The molecule has 1 amide bonds. The average molecular weight is 429 g/mol. The molecule has 1 N–H and O–H groups in total. The Labute approximate surface area is 178 Å². The minimum Gasteiger partial charge on any atom is -0.494 e. The van der Waals surface area contributed by atoms with Crippen LogP contribution in [0.3, 0.4) is 0 Å². The number of amides is 1. The maximum absolute atomic E-state index is 12.8. The molecular weight excluding hydrogens is 400 g/mol. The SMILES string of the molecule is CCOc1ccc(/C=C/C(=O)Nc2ccc(S(=O)(=O)N3CCC(C)CC3)cc2)cc1. The second-order valence-corrected chi connectivity index (χ2v) is 9.37. The number of nitrogens with zero attached hydrogens (tertiary/aromatic N) is 1. The van der Waals surface area contributed by atoms with Crippen molar-refractivity contribution in [1.29, 1.82) is 0 Å². The molecule has 7 heteroatoms. The fourth-order valence-corrected chi connectivity index (χ4v) is 4.75. The van der Waals surface area contributed by atoms with Crippen LogP contribution in [0.4, 0.5) is 5.69 Å². The lowest BCUT2D eigenvalue weighted by Crippen LogP contribution is -2.37. The van der Waals surface area contributed by atoms with Crippen molar-refractivity contribution in [2.24, 2.45) is 5.92 Å². The molecule has 0 radical (unpaired) electrons. The summed E-state index contributed by atoms with van der Waals surface area (Å²) in [6.45, 7) is 5.78. The van der Waals surface area contributed by atoms with Gasteiger partial charge in [-0.3, -0.25) is 4.79 Å². The number of hydrogen-bond donors (Lipinski definition) is 1. The second kappa shape index (κ2) is 9.91. The number of hydrogen-bond acceptors (Lipinski definition) is 4. The van der Waals surface area contributed by atoms with Gasteiger partial charge in [0.1, 0.15) is 5.75 Å². The molecule has 1 aliphatic rings. The monoisotopic (exact) mass is 428 g/mol. The second-order valence-electron chi connectivity index (χ2n) is 7.44. The van der Waals surface area contributed by atoms with Gasteiger partial charge in [0.15, 0.2) is 0 Å². The molecule has 0 saturated carbocycles. The van der Waals surface area contributed by atoms with E-state index in [4.69, 9.17) is 4.74 Å². The molecule has 160 valence electrons. The fourth-order valence-electron chi connectivity index (χ4n) is 3.28. The summed E-state index contributed by atoms with van der Waals surface area (Å²) in [7, 11) is -3.49. The Morgan fingerprint density at radius 1 is 1.10 bits per heavy atom. The lowest BCUT2D eigenvalue weighted by Gasteiger charge is -2.29. The Balaban J connectivity index is 1.59. The predicted molar refractivity (Wildman–Crippen MR) is 119 cm³/mol. The molecule has 0 spiro atoms. The van der Waals surface area contributed by atoms with E-state index < -0.39 is 10.0 Å². The Morgan fingerprint density at radius 2 is 1.73 bits per heavy atom. The average Bonchev–Trinajstić information content (AvgIpc) is 2.74. The van der Waals surface area contributed by atoms with E-state index in [1.54, 1.807) is 34.6 Å². The molecule has 0 atom stereocenters. The molecule has 0 bridgehead atoms. The molecule has 2 aromatic carbocycles. The van der Waals surface area contributed by atoms with Crippen molar-refractivity contribution in [3.05, 3.63) is 60.2 Å². The van der Waals surface area contributed by atoms with E-state index in [2.05, 4.69) is 12.2 Å². The van der Waals surface area contributed by atoms with Gasteiger partial charge in [-0.1, -0.05) is 19.1 Å². The zero-order chi connectivity index (χ0) is 21.6. The summed E-state index contributed by atoms with van der Waals surface area (Å²) in [5.74, 6) is 1.06. The van der Waals surface area contributed by atoms with E-state index >= 15 is 0 Å². The third kappa shape index (κ3) is 5.70. The van der Waals surface area contributed by atoms with Crippen LogP contribution < -0.4 is 10.1 Å². The van der Waals surface area contributed by atoms with Gasteiger partial charge in [0.2, 0.25) is 15.9 Å². The molecule has 3 rings (SSSR count). The van der Waals surface area contributed by atoms with Crippen LogP contribution in [0.2, 0.25) is 0 Å². The number of sulfonamides is 1. The van der Waals surface area contributed by atoms with Crippen molar-refractivity contribution in [1.82, 2.24) is 4.31 Å². The van der Waals surface area contributed by atoms with Gasteiger partial charge in [-0.15, -0.1) is 0 Å². The van der Waals surface area contributed by atoms with Gasteiger partial charge in [-0.2, -0.15) is 4.31 Å². The van der Waals surface area contributed by atoms with Crippen LogP contribution in [-0.2, 0) is 14.8 Å². The summed E-state index contributed by atoms with van der Waals surface area (Å²) in [5.41, 5.74) is 1.42. The fraction of sp³-hybridized carbons (Fsp3) is 0.348. The number of anilines is 1. The molecule has 6 nitrogen and oxygen atoms in total. The van der Waals surface area contributed by atoms with Crippen LogP contribution in [0.1, 0.15) is 32.3 Å². The summed E-state index contributed by atoms with van der Waals surface area (Å²) in [4.78, 5) is 12.4. The van der Waals surface area contributed by atoms with Crippen molar-refractivity contribution >= 4 is 27.7 Å². The van der Waals surface area contributed by atoms with Gasteiger partial charge < -0.3 is 10.1 Å². The van der Waals surface area contributed by atoms with Gasteiger partial charge in [0, 0.05) is 24.9 Å². The van der Waals surface area contributed by atoms with Gasteiger partial charge in [0.25, 0.3) is 0 Å². The zero-order valence-corrected chi connectivity index (χ0v) is 18.2. The normalized spacial score (nSPS) is 15.9. The van der Waals surface area contributed by atoms with Crippen molar-refractivity contribution in [2.45, 2.75) is 31.6 Å². The number of benzene rings is 2. The number of carbonyl (C=O) groups excluding carboxylic acids is 1. The summed E-state index contributed by atoms with van der Waals surface area (Å²) in [6, 6.07) is 13.8. The van der Waals surface area contributed by atoms with E-state index in [0.29, 0.717) is 31.3 Å². The van der Waals surface area contributed by atoms with Gasteiger partial charge >= 0.3 is 0 Å². The van der Waals surface area contributed by atoms with Gasteiger partial charge in [-0.05, 0) is 73.7 Å². The first-order valence-electron chi connectivity index (χ1n) is 10.2. The summed E-state index contributed by atoms with van der Waals surface area (Å²) in [6.07, 6.45) is 4.92. The van der Waals surface area contributed by atoms with Gasteiger partial charge in [-0.25, -0.2) is 8.42 Å². The lowest BCUT2D eigenvalue weighted by atomic mass is 10.0. The molecule has 0 unspecified atom stereocenters. The first kappa shape index (κ1) is 22.1. The first-order chi connectivity index (χ1) is 14.4. The maximum Gasteiger partial charge on any atom is 0.248 e. The van der Waals surface area contributed by atoms with Crippen LogP contribution in [0, 0.1) is 5.92 Å². The van der Waals surface area contributed by atoms with E-state index in [1.807, 2.05) is 31.2 Å². The van der Waals surface area contributed by atoms with E-state index in [1.165, 1.54) is 6.08 Å². The molecule has 1 aliphatic heterocycles. The highest BCUT2D eigenvalue weighted by Gasteiger charge is 2.27. The molecule has 30 heavy (non-hydrogen) atoms. The van der Waals surface area contributed by atoms with Gasteiger partial charge in [0.05, 0.1) is 11.5 Å². The zero-order valence-electron chi connectivity index (χ0n) is 17.4. The third-order valence-electron chi connectivity index (χ3n) is 5.12. The molecule has 1 fully saturated rings. The predicted octanol–water partition coefficient (Wildman–Crippen LogP) is 4.16. The molecule has 0 aromatic heterocycles. The Bertz CT molecular complexity index is 975. The first-order valence-corrected chi connectivity index (χ1v) is 11.6. The van der Waals surface area contributed by atoms with E-state index in [-0.39, 0.29) is 10.8 Å². The minimum absolute atomic E-state index is 0.250. The van der Waals surface area contributed by atoms with Crippen LogP contribution in [0.25, 0.3) is 6.08 Å². The third-order valence-corrected chi connectivity index (χ3v) is 7.03. The smallest absolute Gasteiger partial charge is 0.248 e. The number of nitrogens with one attached hydrogen (secondary N) is 1. The summed E-state index contributed by atoms with van der Waals surface area (Å²) < 4.78 is 32.5. The van der Waals surface area contributed by atoms with E-state index in [0.717, 1.165) is 24.2 Å². The minimum atomic E-state index is -3.49. The maximum atomic E-state index is 12.8. The van der Waals surface area contributed by atoms with Crippen molar-refractivity contribution < 1.29 is 17.9 Å². The highest BCUT2D eigenvalue weighted by molar-refractivity contribution is 7.89. The highest BCUT2D eigenvalue weighted by atomic mass is 32.2. The highest BCUT2D eigenvalue weighted by Crippen LogP contribution is 2.24. The topological polar surface area (TPSA) is 75.7 Å². The quantitative estimate of drug-likeness (QED) is 0.672. The standard InChI is InChI=1S/C23H28N2O4S/c1-3-29-21-9-4-19(5-10-21)6-13-23(26)24-20-7-11-22(12-8-20)30(27,28)25-16-14-18(2)15-17-25/h4-13,18H,3,14-17H2,1-2H3,(H,24,26)/b13-6+. The molecular formula is C23H28N2O4S. The summed E-state index contributed by atoms with van der Waals surface area (Å²) >= 11 is 0. The van der Waals surface area contributed by atoms with Crippen LogP contribution in [-0.4, -0.2) is 38.3 Å². The Morgan fingerprint density at radius 3 is 2.33 bits per heavy atom. The Kier molecular flexibility index (Phi) is 7.29. The number of piperidine rings is 1. The van der Waals surface area contributed by atoms with Crippen molar-refractivity contribution in [2.75, 3.05) is 25.0 Å². The molecule has 1 saturated heterocycles. The van der Waals surface area contributed by atoms with E-state index in [9.17, 15) is 13.2 Å². The number of carbonyl (C=O) groups is 1. The van der Waals surface area contributed by atoms with Crippen LogP contribution in [0.15, 0.2) is 59.5 Å². The Hall–Kier alpha value is -2.64. The van der Waals surface area contributed by atoms with Crippen LogP contribution in [0.5, 0.6) is 5.75 Å². The number of rotatable bonds is 7. The van der Waals surface area contributed by atoms with Crippen LogP contribution >= 0.6 is 0 Å². The van der Waals surface area contributed by atoms with Crippen molar-refractivity contribution in [3.8, 4) is 5.75 Å². The van der Waals surface area contributed by atoms with Crippen molar-refractivity contribution in [3.63, 3.8) is 0 Å². The largest absolute Gasteiger partial charge is 0.494 e.